The summed E-state index contributed by atoms with van der Waals surface area (Å²) in [6.45, 7) is 4.77. The van der Waals surface area contributed by atoms with Crippen molar-refractivity contribution in [1.82, 2.24) is 0 Å². The Hall–Kier alpha value is -1.97. The number of carboxylic acids is 1. The van der Waals surface area contributed by atoms with E-state index < -0.39 is 24.3 Å². The summed E-state index contributed by atoms with van der Waals surface area (Å²) in [5.41, 5.74) is 0. The largest absolute Gasteiger partial charge is 0.477 e. The van der Waals surface area contributed by atoms with Crippen LogP contribution in [0.4, 0.5) is 0 Å². The van der Waals surface area contributed by atoms with Crippen LogP contribution in [0.2, 0.25) is 0 Å². The van der Waals surface area contributed by atoms with Gasteiger partial charge in [0.25, 0.3) is 6.29 Å². The highest BCUT2D eigenvalue weighted by Crippen LogP contribution is 2.12. The standard InChI is InChI=1S/C37H69NO8/c1-6-8-10-12-14-15-16-17-18-19-20-21-22-24-26-28-35(40)46-33(31-44-34(39)27-25-23-13-11-9-7-2)32-45-37(36(41)42)43-30-29-38(3,4)5/h17-18,33,37H,6-16,19-32H2,1-5H3/p+1/b18-17-. The number of allylic oxidation sites excluding steroid dienone is 2. The second-order valence-corrected chi connectivity index (χ2v) is 13.5. The van der Waals surface area contributed by atoms with Gasteiger partial charge in [-0.2, -0.15) is 0 Å². The van der Waals surface area contributed by atoms with Gasteiger partial charge in [0, 0.05) is 12.8 Å². The fourth-order valence-electron chi connectivity index (χ4n) is 4.83. The van der Waals surface area contributed by atoms with Gasteiger partial charge in [-0.1, -0.05) is 109 Å². The molecule has 9 heteroatoms. The van der Waals surface area contributed by atoms with Crippen molar-refractivity contribution in [3.05, 3.63) is 12.2 Å². The number of quaternary nitrogens is 1. The van der Waals surface area contributed by atoms with Crippen molar-refractivity contribution in [3.63, 3.8) is 0 Å². The Balaban J connectivity index is 4.49. The zero-order valence-electron chi connectivity index (χ0n) is 30.2. The van der Waals surface area contributed by atoms with Crippen LogP contribution in [0.5, 0.6) is 0 Å². The molecule has 270 valence electrons. The Morgan fingerprint density at radius 2 is 1.11 bits per heavy atom. The van der Waals surface area contributed by atoms with Crippen molar-refractivity contribution >= 4 is 17.9 Å². The summed E-state index contributed by atoms with van der Waals surface area (Å²) in [6, 6.07) is 0. The first-order chi connectivity index (χ1) is 22.1. The summed E-state index contributed by atoms with van der Waals surface area (Å²) in [5.74, 6) is -2.03. The molecular weight excluding hydrogens is 586 g/mol. The van der Waals surface area contributed by atoms with Gasteiger partial charge >= 0.3 is 17.9 Å². The molecule has 0 aromatic rings. The number of hydrogen-bond acceptors (Lipinski definition) is 7. The number of carbonyl (C=O) groups is 3. The molecule has 0 rings (SSSR count). The van der Waals surface area contributed by atoms with Crippen LogP contribution < -0.4 is 0 Å². The van der Waals surface area contributed by atoms with E-state index in [2.05, 4.69) is 26.0 Å². The third kappa shape index (κ3) is 30.7. The summed E-state index contributed by atoms with van der Waals surface area (Å²) in [6.07, 6.45) is 24.4. The molecule has 0 heterocycles. The van der Waals surface area contributed by atoms with Crippen molar-refractivity contribution in [2.45, 2.75) is 161 Å². The normalized spacial score (nSPS) is 13.2. The summed E-state index contributed by atoms with van der Waals surface area (Å²) in [5, 5.41) is 9.54. The van der Waals surface area contributed by atoms with E-state index in [-0.39, 0.29) is 32.2 Å². The number of unbranched alkanes of at least 4 members (excludes halogenated alkanes) is 16. The van der Waals surface area contributed by atoms with Crippen LogP contribution in [0.25, 0.3) is 0 Å². The molecule has 0 aliphatic heterocycles. The third-order valence-corrected chi connectivity index (χ3v) is 7.77. The predicted molar refractivity (Wildman–Crippen MR) is 185 cm³/mol. The molecule has 0 saturated heterocycles. The van der Waals surface area contributed by atoms with Crippen molar-refractivity contribution in [3.8, 4) is 0 Å². The van der Waals surface area contributed by atoms with Gasteiger partial charge in [-0.15, -0.1) is 0 Å². The first-order valence-electron chi connectivity index (χ1n) is 18.4. The Morgan fingerprint density at radius 3 is 1.61 bits per heavy atom. The number of nitrogens with zero attached hydrogens (tertiary/aromatic N) is 1. The number of aliphatic carboxylic acids is 1. The molecule has 0 aromatic heterocycles. The Morgan fingerprint density at radius 1 is 0.630 bits per heavy atom. The van der Waals surface area contributed by atoms with Crippen molar-refractivity contribution in [2.24, 2.45) is 0 Å². The number of ether oxygens (including phenoxy) is 4. The minimum Gasteiger partial charge on any atom is -0.477 e. The first kappa shape index (κ1) is 44.0. The first-order valence-corrected chi connectivity index (χ1v) is 18.4. The number of rotatable bonds is 33. The lowest BCUT2D eigenvalue weighted by Crippen LogP contribution is -2.40. The van der Waals surface area contributed by atoms with Crippen LogP contribution in [0, 0.1) is 0 Å². The molecule has 0 bridgehead atoms. The van der Waals surface area contributed by atoms with E-state index in [9.17, 15) is 19.5 Å². The Bertz CT molecular complexity index is 780. The van der Waals surface area contributed by atoms with Gasteiger partial charge in [-0.05, 0) is 38.5 Å². The number of esters is 2. The maximum absolute atomic E-state index is 12.6. The molecule has 0 fully saturated rings. The molecule has 0 radical (unpaired) electrons. The summed E-state index contributed by atoms with van der Waals surface area (Å²) in [4.78, 5) is 36.6. The minimum absolute atomic E-state index is 0.183. The van der Waals surface area contributed by atoms with Crippen LogP contribution in [0.15, 0.2) is 12.2 Å². The van der Waals surface area contributed by atoms with Gasteiger partial charge in [0.1, 0.15) is 13.2 Å². The van der Waals surface area contributed by atoms with E-state index in [1.165, 1.54) is 64.2 Å². The van der Waals surface area contributed by atoms with Crippen LogP contribution in [-0.2, 0) is 33.3 Å². The lowest BCUT2D eigenvalue weighted by atomic mass is 10.1. The quantitative estimate of drug-likeness (QED) is 0.0247. The van der Waals surface area contributed by atoms with Gasteiger partial charge in [0.05, 0.1) is 34.4 Å². The fraction of sp³-hybridized carbons (Fsp3) is 0.865. The molecule has 0 aliphatic rings. The lowest BCUT2D eigenvalue weighted by molar-refractivity contribution is -0.870. The fourth-order valence-corrected chi connectivity index (χ4v) is 4.83. The van der Waals surface area contributed by atoms with Gasteiger partial charge in [0.15, 0.2) is 6.10 Å². The Labute approximate surface area is 281 Å². The lowest BCUT2D eigenvalue weighted by Gasteiger charge is -2.25. The second-order valence-electron chi connectivity index (χ2n) is 13.5. The molecule has 0 saturated carbocycles. The summed E-state index contributed by atoms with van der Waals surface area (Å²) in [7, 11) is 5.93. The minimum atomic E-state index is -1.50. The Kier molecular flexibility index (Phi) is 29.1. The number of likely N-dealkylation sites (N-methyl/N-ethyl adjacent to an activating group) is 1. The van der Waals surface area contributed by atoms with E-state index in [0.717, 1.165) is 51.4 Å². The van der Waals surface area contributed by atoms with E-state index in [0.29, 0.717) is 23.9 Å². The highest BCUT2D eigenvalue weighted by molar-refractivity contribution is 5.71. The van der Waals surface area contributed by atoms with Gasteiger partial charge < -0.3 is 28.5 Å². The van der Waals surface area contributed by atoms with Crippen molar-refractivity contribution < 1.29 is 42.9 Å². The van der Waals surface area contributed by atoms with E-state index in [1.807, 2.05) is 21.1 Å². The average Bonchev–Trinajstić information content (AvgIpc) is 3.00. The van der Waals surface area contributed by atoms with Crippen LogP contribution in [-0.4, -0.2) is 87.4 Å². The summed E-state index contributed by atoms with van der Waals surface area (Å²) >= 11 is 0. The molecule has 46 heavy (non-hydrogen) atoms. The predicted octanol–water partition coefficient (Wildman–Crippen LogP) is 8.38. The number of carbonyl (C=O) groups excluding carboxylic acids is 2. The molecule has 0 amide bonds. The molecule has 1 N–H and O–H groups in total. The molecule has 0 aliphatic carbocycles. The second kappa shape index (κ2) is 30.4. The van der Waals surface area contributed by atoms with E-state index in [1.54, 1.807) is 0 Å². The van der Waals surface area contributed by atoms with Crippen molar-refractivity contribution in [2.75, 3.05) is 47.5 Å². The molecule has 0 aromatic carbocycles. The third-order valence-electron chi connectivity index (χ3n) is 7.77. The van der Waals surface area contributed by atoms with E-state index >= 15 is 0 Å². The van der Waals surface area contributed by atoms with Gasteiger partial charge in [-0.25, -0.2) is 4.79 Å². The monoisotopic (exact) mass is 657 g/mol. The number of carboxylic acid groups (broad SMARTS) is 1. The van der Waals surface area contributed by atoms with Crippen LogP contribution >= 0.6 is 0 Å². The highest BCUT2D eigenvalue weighted by atomic mass is 16.7. The maximum atomic E-state index is 12.6. The van der Waals surface area contributed by atoms with Gasteiger partial charge in [-0.3, -0.25) is 9.59 Å². The maximum Gasteiger partial charge on any atom is 0.361 e. The molecule has 9 nitrogen and oxygen atoms in total. The van der Waals surface area contributed by atoms with Gasteiger partial charge in [0.2, 0.25) is 0 Å². The zero-order chi connectivity index (χ0) is 34.3. The smallest absolute Gasteiger partial charge is 0.361 e. The molecule has 2 unspecified atom stereocenters. The summed E-state index contributed by atoms with van der Waals surface area (Å²) < 4.78 is 22.5. The highest BCUT2D eigenvalue weighted by Gasteiger charge is 2.25. The van der Waals surface area contributed by atoms with Crippen LogP contribution in [0.3, 0.4) is 0 Å². The zero-order valence-corrected chi connectivity index (χ0v) is 30.2. The topological polar surface area (TPSA) is 108 Å². The van der Waals surface area contributed by atoms with Crippen LogP contribution in [0.1, 0.15) is 149 Å². The number of hydrogen-bond donors (Lipinski definition) is 1. The van der Waals surface area contributed by atoms with E-state index in [4.69, 9.17) is 18.9 Å². The van der Waals surface area contributed by atoms with Crippen molar-refractivity contribution in [1.29, 1.82) is 0 Å². The molecular formula is C37H70NO8+. The molecule has 0 spiro atoms. The molecule has 2 atom stereocenters. The average molecular weight is 657 g/mol. The SMILES string of the molecule is CCCCCCCC/C=C\CCCCCCCC(=O)OC(COC(=O)CCCCCCCC)COC(OCC[N+](C)(C)C)C(=O)O.